The standard InChI is InChI=1S/C16H16BrFS/c1-11-5-12(2)7-14(6-11)10-19-9-13-3-4-16(18)15(17)8-13/h3-8H,9-10H2,1-2H3. The Labute approximate surface area is 126 Å². The lowest BCUT2D eigenvalue weighted by Crippen LogP contribution is -1.87. The van der Waals surface area contributed by atoms with Crippen LogP contribution >= 0.6 is 27.7 Å². The summed E-state index contributed by atoms with van der Waals surface area (Å²) in [6, 6.07) is 11.8. The van der Waals surface area contributed by atoms with Crippen molar-refractivity contribution in [3.8, 4) is 0 Å². The van der Waals surface area contributed by atoms with Crippen molar-refractivity contribution in [2.45, 2.75) is 25.4 Å². The van der Waals surface area contributed by atoms with Crippen molar-refractivity contribution >= 4 is 27.7 Å². The summed E-state index contributed by atoms with van der Waals surface area (Å²) < 4.78 is 13.7. The van der Waals surface area contributed by atoms with Crippen LogP contribution in [0.2, 0.25) is 0 Å². The highest BCUT2D eigenvalue weighted by Crippen LogP contribution is 2.23. The molecule has 0 spiro atoms. The minimum atomic E-state index is -0.206. The lowest BCUT2D eigenvalue weighted by Gasteiger charge is -2.06. The summed E-state index contributed by atoms with van der Waals surface area (Å²) in [5, 5.41) is 0. The van der Waals surface area contributed by atoms with E-state index in [1.807, 2.05) is 23.9 Å². The molecule has 2 aromatic carbocycles. The molecule has 0 N–H and O–H groups in total. The molecule has 2 rings (SSSR count). The van der Waals surface area contributed by atoms with Gasteiger partial charge in [-0.3, -0.25) is 0 Å². The number of aryl methyl sites for hydroxylation is 2. The Balaban J connectivity index is 1.94. The van der Waals surface area contributed by atoms with Crippen LogP contribution in [0.15, 0.2) is 40.9 Å². The van der Waals surface area contributed by atoms with E-state index >= 15 is 0 Å². The molecule has 2 aromatic rings. The number of thioether (sulfide) groups is 1. The second-order valence-corrected chi connectivity index (χ2v) is 6.58. The smallest absolute Gasteiger partial charge is 0.137 e. The lowest BCUT2D eigenvalue weighted by molar-refractivity contribution is 0.620. The van der Waals surface area contributed by atoms with Crippen LogP contribution in [0.5, 0.6) is 0 Å². The zero-order valence-corrected chi connectivity index (χ0v) is 13.4. The van der Waals surface area contributed by atoms with E-state index in [0.717, 1.165) is 17.1 Å². The molecule has 0 aliphatic rings. The third kappa shape index (κ3) is 4.36. The number of hydrogen-bond donors (Lipinski definition) is 0. The molecule has 0 saturated heterocycles. The Morgan fingerprint density at radius 3 is 2.21 bits per heavy atom. The van der Waals surface area contributed by atoms with Crippen molar-refractivity contribution in [3.63, 3.8) is 0 Å². The molecule has 0 amide bonds. The van der Waals surface area contributed by atoms with Crippen molar-refractivity contribution in [3.05, 3.63) is 68.9 Å². The van der Waals surface area contributed by atoms with E-state index in [1.165, 1.54) is 22.8 Å². The quantitative estimate of drug-likeness (QED) is 0.695. The molecule has 0 bridgehead atoms. The van der Waals surface area contributed by atoms with Gasteiger partial charge in [-0.25, -0.2) is 4.39 Å². The molecule has 0 aliphatic heterocycles. The first-order valence-corrected chi connectivity index (χ1v) is 8.08. The van der Waals surface area contributed by atoms with Crippen molar-refractivity contribution < 1.29 is 4.39 Å². The zero-order chi connectivity index (χ0) is 13.8. The van der Waals surface area contributed by atoms with Gasteiger partial charge < -0.3 is 0 Å². The van der Waals surface area contributed by atoms with Crippen LogP contribution in [-0.2, 0) is 11.5 Å². The van der Waals surface area contributed by atoms with Crippen molar-refractivity contribution in [2.75, 3.05) is 0 Å². The average molecular weight is 339 g/mol. The van der Waals surface area contributed by atoms with Gasteiger partial charge in [-0.2, -0.15) is 11.8 Å². The molecule has 0 saturated carbocycles. The molecule has 0 fully saturated rings. The first-order chi connectivity index (χ1) is 9.04. The predicted octanol–water partition coefficient (Wildman–Crippen LogP) is 5.64. The molecular weight excluding hydrogens is 323 g/mol. The minimum absolute atomic E-state index is 0.206. The minimum Gasteiger partial charge on any atom is -0.206 e. The third-order valence-electron chi connectivity index (χ3n) is 2.80. The molecular formula is C16H16BrFS. The van der Waals surface area contributed by atoms with Crippen LogP contribution in [-0.4, -0.2) is 0 Å². The molecule has 0 radical (unpaired) electrons. The fraction of sp³-hybridized carbons (Fsp3) is 0.250. The summed E-state index contributed by atoms with van der Waals surface area (Å²) in [5.74, 6) is 1.67. The highest BCUT2D eigenvalue weighted by molar-refractivity contribution is 9.10. The third-order valence-corrected chi connectivity index (χ3v) is 4.49. The maximum absolute atomic E-state index is 13.1. The summed E-state index contributed by atoms with van der Waals surface area (Å²) in [7, 11) is 0. The zero-order valence-electron chi connectivity index (χ0n) is 11.0. The molecule has 0 aromatic heterocycles. The van der Waals surface area contributed by atoms with Gasteiger partial charge in [0.25, 0.3) is 0 Å². The van der Waals surface area contributed by atoms with E-state index in [2.05, 4.69) is 48.0 Å². The predicted molar refractivity (Wildman–Crippen MR) is 85.0 cm³/mol. The van der Waals surface area contributed by atoms with Gasteiger partial charge >= 0.3 is 0 Å². The second-order valence-electron chi connectivity index (χ2n) is 4.74. The van der Waals surface area contributed by atoms with Gasteiger partial charge in [-0.05, 0) is 53.0 Å². The fourth-order valence-electron chi connectivity index (χ4n) is 2.07. The molecule has 0 atom stereocenters. The van der Waals surface area contributed by atoms with Crippen LogP contribution in [0, 0.1) is 19.7 Å². The summed E-state index contributed by atoms with van der Waals surface area (Å²) >= 11 is 5.07. The topological polar surface area (TPSA) is 0 Å². The maximum Gasteiger partial charge on any atom is 0.137 e. The molecule has 100 valence electrons. The number of hydrogen-bond acceptors (Lipinski definition) is 1. The van der Waals surface area contributed by atoms with E-state index in [4.69, 9.17) is 0 Å². The summed E-state index contributed by atoms with van der Waals surface area (Å²) in [6.07, 6.45) is 0. The summed E-state index contributed by atoms with van der Waals surface area (Å²) in [6.45, 7) is 4.25. The summed E-state index contributed by atoms with van der Waals surface area (Å²) in [5.41, 5.74) is 5.10. The maximum atomic E-state index is 13.1. The molecule has 19 heavy (non-hydrogen) atoms. The molecule has 0 heterocycles. The average Bonchev–Trinajstić information content (AvgIpc) is 2.32. The van der Waals surface area contributed by atoms with E-state index in [9.17, 15) is 4.39 Å². The van der Waals surface area contributed by atoms with Gasteiger partial charge in [0.15, 0.2) is 0 Å². The van der Waals surface area contributed by atoms with Gasteiger partial charge in [-0.1, -0.05) is 35.4 Å². The number of rotatable bonds is 4. The Kier molecular flexibility index (Phi) is 5.06. The Bertz CT molecular complexity index is 561. The van der Waals surface area contributed by atoms with Crippen molar-refractivity contribution in [1.29, 1.82) is 0 Å². The monoisotopic (exact) mass is 338 g/mol. The highest BCUT2D eigenvalue weighted by Gasteiger charge is 2.02. The lowest BCUT2D eigenvalue weighted by atomic mass is 10.1. The van der Waals surface area contributed by atoms with E-state index in [-0.39, 0.29) is 5.82 Å². The SMILES string of the molecule is Cc1cc(C)cc(CSCc2ccc(F)c(Br)c2)c1. The van der Waals surface area contributed by atoms with Crippen LogP contribution in [0.3, 0.4) is 0 Å². The van der Waals surface area contributed by atoms with Gasteiger partial charge in [0.1, 0.15) is 5.82 Å². The second kappa shape index (κ2) is 6.58. The van der Waals surface area contributed by atoms with Crippen LogP contribution < -0.4 is 0 Å². The number of halogens is 2. The Morgan fingerprint density at radius 2 is 1.58 bits per heavy atom. The van der Waals surface area contributed by atoms with Crippen LogP contribution in [0.1, 0.15) is 22.3 Å². The number of benzene rings is 2. The van der Waals surface area contributed by atoms with Gasteiger partial charge in [0, 0.05) is 11.5 Å². The van der Waals surface area contributed by atoms with Gasteiger partial charge in [0.05, 0.1) is 4.47 Å². The first kappa shape index (κ1) is 14.6. The van der Waals surface area contributed by atoms with Crippen molar-refractivity contribution in [1.82, 2.24) is 0 Å². The van der Waals surface area contributed by atoms with E-state index in [0.29, 0.717) is 4.47 Å². The largest absolute Gasteiger partial charge is 0.206 e. The molecule has 0 unspecified atom stereocenters. The first-order valence-electron chi connectivity index (χ1n) is 6.13. The Morgan fingerprint density at radius 1 is 0.947 bits per heavy atom. The molecule has 3 heteroatoms. The molecule has 0 aliphatic carbocycles. The fourth-order valence-corrected chi connectivity index (χ4v) is 3.41. The van der Waals surface area contributed by atoms with E-state index < -0.39 is 0 Å². The highest BCUT2D eigenvalue weighted by atomic mass is 79.9. The molecule has 0 nitrogen and oxygen atoms in total. The van der Waals surface area contributed by atoms with Gasteiger partial charge in [-0.15, -0.1) is 0 Å². The normalized spacial score (nSPS) is 10.7. The van der Waals surface area contributed by atoms with Crippen LogP contribution in [0.4, 0.5) is 4.39 Å². The Hall–Kier alpha value is -0.800. The van der Waals surface area contributed by atoms with Gasteiger partial charge in [0.2, 0.25) is 0 Å². The van der Waals surface area contributed by atoms with Crippen LogP contribution in [0.25, 0.3) is 0 Å². The van der Waals surface area contributed by atoms with Crippen molar-refractivity contribution in [2.24, 2.45) is 0 Å². The van der Waals surface area contributed by atoms with E-state index in [1.54, 1.807) is 0 Å². The summed E-state index contributed by atoms with van der Waals surface area (Å²) in [4.78, 5) is 0.